The summed E-state index contributed by atoms with van der Waals surface area (Å²) in [5, 5.41) is 12.5. The molecule has 1 aromatic rings. The van der Waals surface area contributed by atoms with Gasteiger partial charge in [0.05, 0.1) is 0 Å². The number of nitrogens with zero attached hydrogens (tertiary/aromatic N) is 1. The van der Waals surface area contributed by atoms with Crippen molar-refractivity contribution < 1.29 is 5.11 Å². The fourth-order valence-corrected chi connectivity index (χ4v) is 1.64. The Kier molecular flexibility index (Phi) is 2.95. The minimum Gasteiger partial charge on any atom is -0.508 e. The van der Waals surface area contributed by atoms with Crippen LogP contribution in [-0.2, 0) is 5.41 Å². The Labute approximate surface area is 91.2 Å². The largest absolute Gasteiger partial charge is 0.508 e. The van der Waals surface area contributed by atoms with Crippen LogP contribution in [0.4, 0.5) is 5.69 Å². The first-order chi connectivity index (χ1) is 6.36. The molecule has 0 saturated heterocycles. The zero-order valence-corrected chi connectivity index (χ0v) is 9.92. The lowest BCUT2D eigenvalue weighted by Gasteiger charge is -2.20. The van der Waals surface area contributed by atoms with E-state index in [2.05, 4.69) is 21.1 Å². The third-order valence-corrected chi connectivity index (χ3v) is 2.61. The van der Waals surface area contributed by atoms with Gasteiger partial charge in [-0.05, 0) is 32.6 Å². The fraction of sp³-hybridized carbons (Fsp3) is 0.400. The van der Waals surface area contributed by atoms with Gasteiger partial charge in [0.15, 0.2) is 0 Å². The van der Waals surface area contributed by atoms with E-state index in [1.807, 2.05) is 20.8 Å². The van der Waals surface area contributed by atoms with Crippen molar-refractivity contribution in [3.8, 4) is 5.75 Å². The quantitative estimate of drug-likeness (QED) is 0.777. The van der Waals surface area contributed by atoms with E-state index in [1.54, 1.807) is 6.07 Å². The minimum atomic E-state index is -0.159. The van der Waals surface area contributed by atoms with Gasteiger partial charge < -0.3 is 5.11 Å². The van der Waals surface area contributed by atoms with Crippen molar-refractivity contribution in [2.45, 2.75) is 26.2 Å². The number of hydrogen-bond donors (Lipinski definition) is 1. The maximum absolute atomic E-state index is 10.3. The highest BCUT2D eigenvalue weighted by atomic mass is 79.9. The van der Waals surface area contributed by atoms with Gasteiger partial charge >= 0.3 is 0 Å². The number of phenolic OH excluding ortho intramolecular Hbond substituents is 1. The Hall–Kier alpha value is -0.900. The summed E-state index contributed by atoms with van der Waals surface area (Å²) in [6.07, 6.45) is 0. The molecule has 4 heteroatoms. The van der Waals surface area contributed by atoms with E-state index in [-0.39, 0.29) is 16.9 Å². The van der Waals surface area contributed by atoms with Crippen molar-refractivity contribution >= 4 is 21.6 Å². The molecule has 0 aliphatic heterocycles. The second-order valence-corrected chi connectivity index (χ2v) is 5.02. The maximum atomic E-state index is 10.3. The molecule has 14 heavy (non-hydrogen) atoms. The van der Waals surface area contributed by atoms with E-state index in [1.165, 1.54) is 6.07 Å². The second-order valence-electron chi connectivity index (χ2n) is 4.16. The van der Waals surface area contributed by atoms with Gasteiger partial charge in [-0.25, -0.2) is 0 Å². The molecule has 1 rings (SSSR count). The zero-order valence-electron chi connectivity index (χ0n) is 8.34. The summed E-state index contributed by atoms with van der Waals surface area (Å²) in [5.74, 6) is 0.107. The average molecular weight is 258 g/mol. The molecule has 0 radical (unpaired) electrons. The molecule has 0 spiro atoms. The molecule has 3 nitrogen and oxygen atoms in total. The smallest absolute Gasteiger partial charge is 0.125 e. The summed E-state index contributed by atoms with van der Waals surface area (Å²) >= 11 is 3.23. The Morgan fingerprint density at radius 1 is 1.36 bits per heavy atom. The summed E-state index contributed by atoms with van der Waals surface area (Å²) in [6, 6.07) is 3.10. The standard InChI is InChI=1S/C10H12BrNO2/c1-10(2,3)6-4-7(11)8(12-14)5-9(6)13/h4-5,13H,1-3H3. The third kappa shape index (κ3) is 2.12. The van der Waals surface area contributed by atoms with E-state index >= 15 is 0 Å². The molecule has 0 unspecified atom stereocenters. The highest BCUT2D eigenvalue weighted by molar-refractivity contribution is 9.10. The molecule has 1 N–H and O–H groups in total. The minimum absolute atomic E-state index is 0.107. The van der Waals surface area contributed by atoms with Gasteiger partial charge in [-0.2, -0.15) is 0 Å². The summed E-state index contributed by atoms with van der Waals surface area (Å²) < 4.78 is 0.607. The van der Waals surface area contributed by atoms with Crippen molar-refractivity contribution in [3.05, 3.63) is 27.1 Å². The topological polar surface area (TPSA) is 49.7 Å². The molecular weight excluding hydrogens is 246 g/mol. The second kappa shape index (κ2) is 3.69. The first-order valence-electron chi connectivity index (χ1n) is 4.22. The number of benzene rings is 1. The predicted octanol–water partition coefficient (Wildman–Crippen LogP) is 3.85. The van der Waals surface area contributed by atoms with E-state index in [9.17, 15) is 10.0 Å². The van der Waals surface area contributed by atoms with Crippen LogP contribution in [0.1, 0.15) is 26.3 Å². The summed E-state index contributed by atoms with van der Waals surface area (Å²) in [7, 11) is 0. The molecule has 0 fully saturated rings. The van der Waals surface area contributed by atoms with Crippen molar-refractivity contribution in [1.82, 2.24) is 0 Å². The first kappa shape index (κ1) is 11.2. The molecular formula is C10H12BrNO2. The van der Waals surface area contributed by atoms with Gasteiger partial charge in [0.1, 0.15) is 11.4 Å². The molecule has 1 aromatic carbocycles. The number of aromatic hydroxyl groups is 1. The summed E-state index contributed by atoms with van der Waals surface area (Å²) in [4.78, 5) is 10.3. The lowest BCUT2D eigenvalue weighted by atomic mass is 9.86. The highest BCUT2D eigenvalue weighted by Gasteiger charge is 2.19. The molecule has 0 saturated carbocycles. The van der Waals surface area contributed by atoms with E-state index in [4.69, 9.17) is 0 Å². The van der Waals surface area contributed by atoms with Crippen LogP contribution in [0, 0.1) is 4.91 Å². The Morgan fingerprint density at radius 2 is 1.93 bits per heavy atom. The molecule has 76 valence electrons. The van der Waals surface area contributed by atoms with Crippen molar-refractivity contribution in [2.75, 3.05) is 0 Å². The SMILES string of the molecule is CC(C)(C)c1cc(Br)c(N=O)cc1O. The number of halogens is 1. The Morgan fingerprint density at radius 3 is 2.36 bits per heavy atom. The van der Waals surface area contributed by atoms with Crippen molar-refractivity contribution in [2.24, 2.45) is 5.18 Å². The molecule has 0 aliphatic carbocycles. The van der Waals surface area contributed by atoms with Crippen LogP contribution < -0.4 is 0 Å². The Bertz CT molecular complexity index is 369. The number of phenols is 1. The number of rotatable bonds is 1. The molecule has 0 aromatic heterocycles. The van der Waals surface area contributed by atoms with Gasteiger partial charge in [0.2, 0.25) is 0 Å². The third-order valence-electron chi connectivity index (χ3n) is 1.97. The number of hydrogen-bond acceptors (Lipinski definition) is 3. The monoisotopic (exact) mass is 257 g/mol. The van der Waals surface area contributed by atoms with E-state index in [0.29, 0.717) is 4.47 Å². The van der Waals surface area contributed by atoms with Gasteiger partial charge in [0.25, 0.3) is 0 Å². The molecule has 0 heterocycles. The van der Waals surface area contributed by atoms with Crippen LogP contribution in [0.25, 0.3) is 0 Å². The van der Waals surface area contributed by atoms with Crippen LogP contribution in [0.3, 0.4) is 0 Å². The predicted molar refractivity (Wildman–Crippen MR) is 60.0 cm³/mol. The van der Waals surface area contributed by atoms with Crippen LogP contribution in [0.2, 0.25) is 0 Å². The Balaban J connectivity index is 3.36. The van der Waals surface area contributed by atoms with Crippen LogP contribution in [0.5, 0.6) is 5.75 Å². The average Bonchev–Trinajstić information content (AvgIpc) is 2.06. The number of nitroso groups, excluding NO2 is 1. The van der Waals surface area contributed by atoms with E-state index in [0.717, 1.165) is 5.56 Å². The van der Waals surface area contributed by atoms with Crippen molar-refractivity contribution in [3.63, 3.8) is 0 Å². The first-order valence-corrected chi connectivity index (χ1v) is 5.02. The van der Waals surface area contributed by atoms with Gasteiger partial charge in [-0.15, -0.1) is 4.91 Å². The lowest BCUT2D eigenvalue weighted by Crippen LogP contribution is -2.11. The molecule has 0 aliphatic rings. The summed E-state index contributed by atoms with van der Waals surface area (Å²) in [6.45, 7) is 5.97. The van der Waals surface area contributed by atoms with Crippen LogP contribution >= 0.6 is 15.9 Å². The lowest BCUT2D eigenvalue weighted by molar-refractivity contribution is 0.447. The summed E-state index contributed by atoms with van der Waals surface area (Å²) in [5.41, 5.74) is 0.848. The van der Waals surface area contributed by atoms with Gasteiger partial charge in [-0.3, -0.25) is 0 Å². The van der Waals surface area contributed by atoms with Crippen LogP contribution in [-0.4, -0.2) is 5.11 Å². The maximum Gasteiger partial charge on any atom is 0.125 e. The normalized spacial score (nSPS) is 11.4. The fourth-order valence-electron chi connectivity index (χ4n) is 1.22. The molecule has 0 amide bonds. The highest BCUT2D eigenvalue weighted by Crippen LogP contribution is 2.38. The molecule has 0 bridgehead atoms. The van der Waals surface area contributed by atoms with Crippen molar-refractivity contribution in [1.29, 1.82) is 0 Å². The van der Waals surface area contributed by atoms with Gasteiger partial charge in [0, 0.05) is 16.1 Å². The van der Waals surface area contributed by atoms with E-state index < -0.39 is 0 Å². The molecule has 0 atom stereocenters. The van der Waals surface area contributed by atoms with Gasteiger partial charge in [-0.1, -0.05) is 20.8 Å². The zero-order chi connectivity index (χ0) is 10.9. The van der Waals surface area contributed by atoms with Crippen LogP contribution in [0.15, 0.2) is 21.8 Å².